The summed E-state index contributed by atoms with van der Waals surface area (Å²) in [5.41, 5.74) is 4.46. The van der Waals surface area contributed by atoms with Gasteiger partial charge in [0.1, 0.15) is 11.9 Å². The molecule has 2 aromatic heterocycles. The van der Waals surface area contributed by atoms with Crippen molar-refractivity contribution in [1.29, 1.82) is 0 Å². The van der Waals surface area contributed by atoms with E-state index in [-0.39, 0.29) is 17.9 Å². The Balaban J connectivity index is 1.53. The maximum absolute atomic E-state index is 13.2. The van der Waals surface area contributed by atoms with Crippen molar-refractivity contribution in [3.63, 3.8) is 0 Å². The third-order valence-corrected chi connectivity index (χ3v) is 8.31. The Morgan fingerprint density at radius 2 is 1.92 bits per heavy atom. The highest BCUT2D eigenvalue weighted by Gasteiger charge is 2.32. The molecule has 0 bridgehead atoms. The van der Waals surface area contributed by atoms with Crippen LogP contribution in [0.4, 0.5) is 11.5 Å². The minimum absolute atomic E-state index is 0.115. The minimum atomic E-state index is -0.744. The molecule has 2 fully saturated rings. The number of nitrogens with zero attached hydrogens (tertiary/aromatic N) is 4. The van der Waals surface area contributed by atoms with Crippen molar-refractivity contribution >= 4 is 57.0 Å². The number of amides is 1. The molecule has 5 rings (SSSR count). The second-order valence-electron chi connectivity index (χ2n) is 9.71. The van der Waals surface area contributed by atoms with Crippen molar-refractivity contribution in [1.82, 2.24) is 14.8 Å². The van der Waals surface area contributed by atoms with Gasteiger partial charge in [0.2, 0.25) is 0 Å². The van der Waals surface area contributed by atoms with Gasteiger partial charge in [-0.3, -0.25) is 19.2 Å². The van der Waals surface area contributed by atoms with Crippen molar-refractivity contribution in [2.45, 2.75) is 57.5 Å². The van der Waals surface area contributed by atoms with E-state index in [1.165, 1.54) is 9.65 Å². The molecule has 36 heavy (non-hydrogen) atoms. The fraction of sp³-hybridized carbons (Fsp3) is 0.407. The molecule has 1 N–H and O–H groups in total. The van der Waals surface area contributed by atoms with Gasteiger partial charge in [0.25, 0.3) is 11.8 Å². The predicted molar refractivity (Wildman–Crippen MR) is 146 cm³/mol. The van der Waals surface area contributed by atoms with Crippen LogP contribution in [-0.2, 0) is 16.6 Å². The highest BCUT2D eigenvalue weighted by Crippen LogP contribution is 2.47. The molecule has 2 aliphatic carbocycles. The van der Waals surface area contributed by atoms with Gasteiger partial charge in [-0.15, -0.1) is 5.10 Å². The molecule has 8 nitrogen and oxygen atoms in total. The number of pyridine rings is 1. The zero-order chi connectivity index (χ0) is 25.6. The second kappa shape index (κ2) is 9.84. The van der Waals surface area contributed by atoms with Crippen LogP contribution in [0, 0.1) is 16.4 Å². The lowest BCUT2D eigenvalue weighted by Crippen LogP contribution is -2.28. The summed E-state index contributed by atoms with van der Waals surface area (Å²) in [5.74, 6) is 0.0274. The first-order valence-electron chi connectivity index (χ1n) is 12.3. The molecule has 3 aromatic rings. The van der Waals surface area contributed by atoms with Gasteiger partial charge in [0.15, 0.2) is 5.52 Å². The van der Waals surface area contributed by atoms with Gasteiger partial charge in [-0.25, -0.2) is 4.98 Å². The molecule has 0 spiro atoms. The van der Waals surface area contributed by atoms with Gasteiger partial charge in [0.05, 0.1) is 17.1 Å². The first-order valence-corrected chi connectivity index (χ1v) is 13.3. The standard InChI is InChI=1S/C27H29IN4O4/c1-4-24(33)32(22-13-15(2)20(28)14-19(22)16-5-6-16)23-12-11-21-25(29-23)26(30-31(21)3)36-18-9-7-17(8-10-18)27(34)35/h4,11-14,16-18H,1,5-10H2,2-3H3,(H,34,35)/t17-,18-. The minimum Gasteiger partial charge on any atom is -0.481 e. The number of carbonyl (C=O) groups is 2. The van der Waals surface area contributed by atoms with Crippen LogP contribution in [-0.4, -0.2) is 37.9 Å². The molecule has 2 saturated carbocycles. The Bertz CT molecular complexity index is 1360. The van der Waals surface area contributed by atoms with E-state index in [0.717, 1.165) is 35.2 Å². The van der Waals surface area contributed by atoms with E-state index >= 15 is 0 Å². The molecule has 2 heterocycles. The van der Waals surface area contributed by atoms with Gasteiger partial charge in [-0.05, 0) is 115 Å². The zero-order valence-corrected chi connectivity index (χ0v) is 22.6. The molecule has 0 atom stereocenters. The van der Waals surface area contributed by atoms with Crippen LogP contribution >= 0.6 is 22.6 Å². The smallest absolute Gasteiger partial charge is 0.306 e. The highest BCUT2D eigenvalue weighted by atomic mass is 127. The number of aromatic nitrogens is 3. The number of carboxylic acid groups (broad SMARTS) is 1. The van der Waals surface area contributed by atoms with Gasteiger partial charge in [0, 0.05) is 10.6 Å². The van der Waals surface area contributed by atoms with Crippen molar-refractivity contribution in [3.05, 3.63) is 51.6 Å². The van der Waals surface area contributed by atoms with Crippen LogP contribution in [0.2, 0.25) is 0 Å². The Kier molecular flexibility index (Phi) is 6.76. The lowest BCUT2D eigenvalue weighted by molar-refractivity contribution is -0.143. The molecule has 1 amide bonds. The summed E-state index contributed by atoms with van der Waals surface area (Å²) in [4.78, 5) is 31.0. The molecule has 0 unspecified atom stereocenters. The molecule has 0 aliphatic heterocycles. The average Bonchev–Trinajstić information content (AvgIpc) is 3.66. The lowest BCUT2D eigenvalue weighted by atomic mass is 9.87. The fourth-order valence-corrected chi connectivity index (χ4v) is 5.42. The van der Waals surface area contributed by atoms with Crippen LogP contribution in [0.25, 0.3) is 11.0 Å². The predicted octanol–water partition coefficient (Wildman–Crippen LogP) is 5.63. The topological polar surface area (TPSA) is 97.6 Å². The number of aryl methyl sites for hydroxylation is 2. The summed E-state index contributed by atoms with van der Waals surface area (Å²) < 4.78 is 9.13. The highest BCUT2D eigenvalue weighted by molar-refractivity contribution is 14.1. The molecule has 0 saturated heterocycles. The third kappa shape index (κ3) is 4.72. The number of carboxylic acids is 1. The average molecular weight is 600 g/mol. The van der Waals surface area contributed by atoms with E-state index in [4.69, 9.17) is 9.72 Å². The van der Waals surface area contributed by atoms with Gasteiger partial charge in [-0.1, -0.05) is 6.58 Å². The number of hydrogen-bond donors (Lipinski definition) is 1. The van der Waals surface area contributed by atoms with E-state index in [1.54, 1.807) is 9.58 Å². The van der Waals surface area contributed by atoms with Gasteiger partial charge < -0.3 is 9.84 Å². The number of benzene rings is 1. The quantitative estimate of drug-likeness (QED) is 0.279. The maximum atomic E-state index is 13.2. The van der Waals surface area contributed by atoms with Crippen molar-refractivity contribution in [2.75, 3.05) is 4.90 Å². The molecule has 1 aromatic carbocycles. The summed E-state index contributed by atoms with van der Waals surface area (Å²) in [6, 6.07) is 7.97. The number of anilines is 2. The van der Waals surface area contributed by atoms with Crippen LogP contribution < -0.4 is 9.64 Å². The van der Waals surface area contributed by atoms with E-state index in [1.807, 2.05) is 26.1 Å². The van der Waals surface area contributed by atoms with E-state index in [2.05, 4.69) is 46.4 Å². The Morgan fingerprint density at radius 3 is 2.56 bits per heavy atom. The van der Waals surface area contributed by atoms with Crippen LogP contribution in [0.15, 0.2) is 36.9 Å². The first-order chi connectivity index (χ1) is 17.3. The van der Waals surface area contributed by atoms with E-state index in [9.17, 15) is 14.7 Å². The van der Waals surface area contributed by atoms with Gasteiger partial charge in [-0.2, -0.15) is 0 Å². The summed E-state index contributed by atoms with van der Waals surface area (Å²) in [6.45, 7) is 5.78. The molecular weight excluding hydrogens is 571 g/mol. The van der Waals surface area contributed by atoms with Gasteiger partial charge >= 0.3 is 5.97 Å². The van der Waals surface area contributed by atoms with E-state index < -0.39 is 5.97 Å². The number of hydrogen-bond acceptors (Lipinski definition) is 5. The lowest BCUT2D eigenvalue weighted by Gasteiger charge is -2.26. The SMILES string of the molecule is C=CC(=O)N(c1ccc2c(n1)c(O[C@H]1CC[C@H](C(=O)O)CC1)nn2C)c1cc(C)c(I)cc1C1CC1. The van der Waals surface area contributed by atoms with Crippen LogP contribution in [0.3, 0.4) is 0 Å². The molecular formula is C27H29IN4O4. The third-order valence-electron chi connectivity index (χ3n) is 7.14. The monoisotopic (exact) mass is 600 g/mol. The number of ether oxygens (including phenoxy) is 1. The summed E-state index contributed by atoms with van der Waals surface area (Å²) >= 11 is 2.34. The normalized spacial score (nSPS) is 19.8. The summed E-state index contributed by atoms with van der Waals surface area (Å²) in [5, 5.41) is 13.8. The number of fused-ring (bicyclic) bond motifs is 1. The largest absolute Gasteiger partial charge is 0.481 e. The zero-order valence-electron chi connectivity index (χ0n) is 20.4. The molecule has 2 aliphatic rings. The van der Waals surface area contributed by atoms with Crippen LogP contribution in [0.1, 0.15) is 55.6 Å². The summed E-state index contributed by atoms with van der Waals surface area (Å²) in [7, 11) is 1.83. The number of carbonyl (C=O) groups excluding carboxylic acids is 1. The molecule has 188 valence electrons. The Labute approximate surface area is 223 Å². The van der Waals surface area contributed by atoms with Crippen LogP contribution in [0.5, 0.6) is 5.88 Å². The summed E-state index contributed by atoms with van der Waals surface area (Å²) in [6.07, 6.45) is 5.90. The van der Waals surface area contributed by atoms with Crippen molar-refractivity contribution in [3.8, 4) is 5.88 Å². The fourth-order valence-electron chi connectivity index (χ4n) is 4.93. The molecule has 9 heteroatoms. The number of rotatable bonds is 7. The van der Waals surface area contributed by atoms with Crippen molar-refractivity contribution < 1.29 is 19.4 Å². The number of halogens is 1. The maximum Gasteiger partial charge on any atom is 0.306 e. The van der Waals surface area contributed by atoms with Crippen molar-refractivity contribution in [2.24, 2.45) is 13.0 Å². The Hall–Kier alpha value is -2.95. The van der Waals surface area contributed by atoms with E-state index in [0.29, 0.717) is 48.8 Å². The molecule has 0 radical (unpaired) electrons. The number of aliphatic carboxylic acids is 1. The Morgan fingerprint density at radius 1 is 1.19 bits per heavy atom. The first kappa shape index (κ1) is 24.7. The second-order valence-corrected chi connectivity index (χ2v) is 10.9.